The highest BCUT2D eigenvalue weighted by Gasteiger charge is 2.29. The monoisotopic (exact) mass is 518 g/mol. The second-order valence-corrected chi connectivity index (χ2v) is 10.3. The zero-order valence-electron chi connectivity index (χ0n) is 22.4. The van der Waals surface area contributed by atoms with E-state index in [0.29, 0.717) is 12.1 Å². The molecule has 0 fully saturated rings. The average molecular weight is 519 g/mol. The van der Waals surface area contributed by atoms with Gasteiger partial charge in [-0.3, -0.25) is 4.79 Å². The molecule has 198 valence electrons. The number of benzene rings is 4. The lowest BCUT2D eigenvalue weighted by Gasteiger charge is -2.20. The van der Waals surface area contributed by atoms with Crippen molar-refractivity contribution in [2.24, 2.45) is 0 Å². The lowest BCUT2D eigenvalue weighted by molar-refractivity contribution is -0.118. The van der Waals surface area contributed by atoms with Crippen molar-refractivity contribution in [3.8, 4) is 11.1 Å². The number of amides is 2. The minimum absolute atomic E-state index is 0.0377. The first-order valence-electron chi connectivity index (χ1n) is 13.5. The standard InChI is InChI=1S/C34H34N2O3/c1-23-19-24(2)21-25(20-23)11-10-18-32(33(37)35-26-12-4-3-5-13-26)36-34(38)39-22-31-29-16-8-6-14-27(29)28-15-7-9-17-30(28)31/h3-9,12-17,19-21,31-32H,10-11,18,22H2,1-2H3,(H,35,37)(H,36,38)/t32-/m0/s1. The summed E-state index contributed by atoms with van der Waals surface area (Å²) in [6.07, 6.45) is 1.48. The lowest BCUT2D eigenvalue weighted by atomic mass is 9.98. The number of hydrogen-bond acceptors (Lipinski definition) is 3. The molecule has 0 aliphatic heterocycles. The molecule has 0 heterocycles. The van der Waals surface area contributed by atoms with Gasteiger partial charge in [0.05, 0.1) is 0 Å². The van der Waals surface area contributed by atoms with Crippen molar-refractivity contribution in [3.05, 3.63) is 125 Å². The minimum Gasteiger partial charge on any atom is -0.449 e. The number of alkyl carbamates (subject to hydrolysis) is 1. The van der Waals surface area contributed by atoms with E-state index in [2.05, 4.69) is 66.9 Å². The summed E-state index contributed by atoms with van der Waals surface area (Å²) >= 11 is 0. The number of hydrogen-bond donors (Lipinski definition) is 2. The molecular weight excluding hydrogens is 484 g/mol. The predicted molar refractivity (Wildman–Crippen MR) is 156 cm³/mol. The Kier molecular flexibility index (Phi) is 8.07. The van der Waals surface area contributed by atoms with E-state index in [1.54, 1.807) is 0 Å². The molecule has 1 atom stereocenters. The van der Waals surface area contributed by atoms with Crippen molar-refractivity contribution in [1.29, 1.82) is 0 Å². The Morgan fingerprint density at radius 3 is 2.03 bits per heavy atom. The number of fused-ring (bicyclic) bond motifs is 3. The largest absolute Gasteiger partial charge is 0.449 e. The van der Waals surface area contributed by atoms with Crippen molar-refractivity contribution in [2.75, 3.05) is 11.9 Å². The van der Waals surface area contributed by atoms with Gasteiger partial charge in [-0.05, 0) is 73.1 Å². The van der Waals surface area contributed by atoms with Crippen LogP contribution in [0.3, 0.4) is 0 Å². The van der Waals surface area contributed by atoms with Gasteiger partial charge in [0.1, 0.15) is 12.6 Å². The molecule has 39 heavy (non-hydrogen) atoms. The number of carbonyl (C=O) groups excluding carboxylic acids is 2. The van der Waals surface area contributed by atoms with E-state index < -0.39 is 12.1 Å². The molecule has 5 heteroatoms. The van der Waals surface area contributed by atoms with Gasteiger partial charge in [-0.2, -0.15) is 0 Å². The van der Waals surface area contributed by atoms with E-state index in [-0.39, 0.29) is 18.4 Å². The van der Waals surface area contributed by atoms with Crippen molar-refractivity contribution >= 4 is 17.7 Å². The Bertz CT molecular complexity index is 1400. The highest BCUT2D eigenvalue weighted by Crippen LogP contribution is 2.44. The normalized spacial score (nSPS) is 12.8. The van der Waals surface area contributed by atoms with Gasteiger partial charge in [-0.1, -0.05) is 96.1 Å². The summed E-state index contributed by atoms with van der Waals surface area (Å²) in [4.78, 5) is 26.2. The van der Waals surface area contributed by atoms with Crippen LogP contribution in [0.15, 0.2) is 97.1 Å². The number of para-hydroxylation sites is 1. The SMILES string of the molecule is Cc1cc(C)cc(CCC[C@H](NC(=O)OCC2c3ccccc3-c3ccccc32)C(=O)Nc2ccccc2)c1. The molecule has 4 aromatic carbocycles. The van der Waals surface area contributed by atoms with E-state index in [9.17, 15) is 9.59 Å². The quantitative estimate of drug-likeness (QED) is 0.247. The fraction of sp³-hybridized carbons (Fsp3) is 0.235. The fourth-order valence-electron chi connectivity index (χ4n) is 5.53. The minimum atomic E-state index is -0.716. The predicted octanol–water partition coefficient (Wildman–Crippen LogP) is 7.17. The summed E-state index contributed by atoms with van der Waals surface area (Å²) in [6, 6.07) is 31.5. The molecule has 0 aromatic heterocycles. The van der Waals surface area contributed by atoms with Crippen LogP contribution in [0.5, 0.6) is 0 Å². The second kappa shape index (κ2) is 12.0. The van der Waals surface area contributed by atoms with E-state index in [0.717, 1.165) is 24.0 Å². The van der Waals surface area contributed by atoms with Crippen LogP contribution in [0.2, 0.25) is 0 Å². The van der Waals surface area contributed by atoms with Crippen LogP contribution < -0.4 is 10.6 Å². The molecule has 1 aliphatic rings. The van der Waals surface area contributed by atoms with Crippen LogP contribution in [0, 0.1) is 13.8 Å². The topological polar surface area (TPSA) is 67.4 Å². The summed E-state index contributed by atoms with van der Waals surface area (Å²) in [5.74, 6) is -0.292. The van der Waals surface area contributed by atoms with Crippen LogP contribution in [0.25, 0.3) is 11.1 Å². The van der Waals surface area contributed by atoms with Crippen LogP contribution in [-0.4, -0.2) is 24.6 Å². The Morgan fingerprint density at radius 1 is 0.795 bits per heavy atom. The highest BCUT2D eigenvalue weighted by molar-refractivity contribution is 5.96. The number of carbonyl (C=O) groups is 2. The highest BCUT2D eigenvalue weighted by atomic mass is 16.5. The Morgan fingerprint density at radius 2 is 1.38 bits per heavy atom. The molecule has 0 unspecified atom stereocenters. The molecule has 2 amide bonds. The van der Waals surface area contributed by atoms with Crippen molar-refractivity contribution in [3.63, 3.8) is 0 Å². The van der Waals surface area contributed by atoms with Crippen molar-refractivity contribution in [2.45, 2.75) is 45.1 Å². The second-order valence-electron chi connectivity index (χ2n) is 10.3. The maximum absolute atomic E-state index is 13.2. The molecule has 4 aromatic rings. The van der Waals surface area contributed by atoms with Crippen LogP contribution in [-0.2, 0) is 16.0 Å². The molecule has 1 aliphatic carbocycles. The zero-order valence-corrected chi connectivity index (χ0v) is 22.4. The average Bonchev–Trinajstić information content (AvgIpc) is 3.25. The molecule has 2 N–H and O–H groups in total. The first-order valence-corrected chi connectivity index (χ1v) is 13.5. The van der Waals surface area contributed by atoms with Gasteiger partial charge in [0, 0.05) is 11.6 Å². The Labute approximate surface area is 230 Å². The number of anilines is 1. The molecule has 0 bridgehead atoms. The molecule has 0 saturated heterocycles. The van der Waals surface area contributed by atoms with Gasteiger partial charge in [0.2, 0.25) is 5.91 Å². The van der Waals surface area contributed by atoms with E-state index >= 15 is 0 Å². The first kappa shape index (κ1) is 26.2. The molecule has 5 rings (SSSR count). The Balaban J connectivity index is 1.24. The van der Waals surface area contributed by atoms with Gasteiger partial charge in [0.15, 0.2) is 0 Å². The summed E-state index contributed by atoms with van der Waals surface area (Å²) in [7, 11) is 0. The molecule has 5 nitrogen and oxygen atoms in total. The summed E-state index contributed by atoms with van der Waals surface area (Å²) in [5.41, 5.74) is 9.02. The smallest absolute Gasteiger partial charge is 0.407 e. The number of nitrogens with one attached hydrogen (secondary N) is 2. The van der Waals surface area contributed by atoms with Crippen molar-refractivity contribution < 1.29 is 14.3 Å². The first-order chi connectivity index (χ1) is 19.0. The number of rotatable bonds is 9. The van der Waals surface area contributed by atoms with Gasteiger partial charge in [-0.25, -0.2) is 4.79 Å². The maximum atomic E-state index is 13.2. The van der Waals surface area contributed by atoms with Crippen LogP contribution in [0.4, 0.5) is 10.5 Å². The van der Waals surface area contributed by atoms with E-state index in [1.165, 1.54) is 27.8 Å². The lowest BCUT2D eigenvalue weighted by Crippen LogP contribution is -2.44. The van der Waals surface area contributed by atoms with E-state index in [1.807, 2.05) is 54.6 Å². The van der Waals surface area contributed by atoms with Crippen LogP contribution >= 0.6 is 0 Å². The van der Waals surface area contributed by atoms with Gasteiger partial charge >= 0.3 is 6.09 Å². The van der Waals surface area contributed by atoms with Gasteiger partial charge in [0.25, 0.3) is 0 Å². The third-order valence-electron chi connectivity index (χ3n) is 7.23. The fourth-order valence-corrected chi connectivity index (χ4v) is 5.53. The van der Waals surface area contributed by atoms with Gasteiger partial charge in [-0.15, -0.1) is 0 Å². The molecular formula is C34H34N2O3. The molecule has 0 saturated carbocycles. The number of aryl methyl sites for hydroxylation is 3. The van der Waals surface area contributed by atoms with Crippen molar-refractivity contribution in [1.82, 2.24) is 5.32 Å². The summed E-state index contributed by atoms with van der Waals surface area (Å²) < 4.78 is 5.74. The maximum Gasteiger partial charge on any atom is 0.407 e. The summed E-state index contributed by atoms with van der Waals surface area (Å²) in [6.45, 7) is 4.38. The third kappa shape index (κ3) is 6.37. The van der Waals surface area contributed by atoms with Crippen LogP contribution in [0.1, 0.15) is 46.6 Å². The van der Waals surface area contributed by atoms with E-state index in [4.69, 9.17) is 4.74 Å². The Hall–Kier alpha value is -4.38. The third-order valence-corrected chi connectivity index (χ3v) is 7.23. The van der Waals surface area contributed by atoms with Gasteiger partial charge < -0.3 is 15.4 Å². The number of ether oxygens (including phenoxy) is 1. The zero-order chi connectivity index (χ0) is 27.2. The molecule has 0 radical (unpaired) electrons. The summed E-state index contributed by atoms with van der Waals surface area (Å²) in [5, 5.41) is 5.77. The molecule has 0 spiro atoms.